The zero-order valence-electron chi connectivity index (χ0n) is 10.1. The van der Waals surface area contributed by atoms with Crippen LogP contribution in [0.1, 0.15) is 5.56 Å². The summed E-state index contributed by atoms with van der Waals surface area (Å²) in [5, 5.41) is 1.97. The summed E-state index contributed by atoms with van der Waals surface area (Å²) in [5.74, 6) is 0. The number of pyridine rings is 1. The number of aromatic nitrogens is 1. The third kappa shape index (κ3) is 1.73. The Kier molecular flexibility index (Phi) is 2.67. The largest absolute Gasteiger partial charge is 0.245 e. The summed E-state index contributed by atoms with van der Waals surface area (Å²) >= 11 is 0. The number of hydrogen-bond donors (Lipinski definition) is 0. The van der Waals surface area contributed by atoms with Crippen LogP contribution in [0.5, 0.6) is 0 Å². The van der Waals surface area contributed by atoms with Gasteiger partial charge in [0.1, 0.15) is 5.69 Å². The van der Waals surface area contributed by atoms with Gasteiger partial charge in [0.15, 0.2) is 0 Å². The number of carbonyl (C=O) groups excluding carboxylic acids is 1. The van der Waals surface area contributed by atoms with Gasteiger partial charge in [-0.2, -0.15) is 4.99 Å². The van der Waals surface area contributed by atoms with Gasteiger partial charge in [-0.05, 0) is 17.7 Å². The topological polar surface area (TPSA) is 42.3 Å². The lowest BCUT2D eigenvalue weighted by atomic mass is 10.0. The van der Waals surface area contributed by atoms with E-state index in [1.165, 1.54) is 0 Å². The van der Waals surface area contributed by atoms with Crippen LogP contribution in [0.2, 0.25) is 0 Å². The Balaban J connectivity index is 2.58. The van der Waals surface area contributed by atoms with Crippen molar-refractivity contribution in [2.24, 2.45) is 4.99 Å². The van der Waals surface area contributed by atoms with E-state index in [4.69, 9.17) is 0 Å². The maximum absolute atomic E-state index is 10.5. The van der Waals surface area contributed by atoms with Crippen LogP contribution in [-0.4, -0.2) is 11.1 Å². The molecule has 2 aromatic carbocycles. The van der Waals surface area contributed by atoms with Crippen LogP contribution >= 0.6 is 0 Å². The molecule has 0 spiro atoms. The minimum atomic E-state index is 0.529. The van der Waals surface area contributed by atoms with Gasteiger partial charge in [0.25, 0.3) is 0 Å². The van der Waals surface area contributed by atoms with Crippen LogP contribution in [-0.2, 0) is 4.79 Å². The van der Waals surface area contributed by atoms with Crippen molar-refractivity contribution in [1.82, 2.24) is 4.98 Å². The fraction of sp³-hybridized carbons (Fsp3) is 0. The molecule has 0 saturated carbocycles. The molecule has 0 N–H and O–H groups in total. The first-order chi connectivity index (χ1) is 9.35. The van der Waals surface area contributed by atoms with Crippen molar-refractivity contribution in [2.75, 3.05) is 0 Å². The predicted octanol–water partition coefficient (Wildman–Crippen LogP) is 4.00. The van der Waals surface area contributed by atoms with Gasteiger partial charge in [-0.1, -0.05) is 43.0 Å². The van der Waals surface area contributed by atoms with E-state index in [2.05, 4.69) is 16.6 Å². The number of hydrogen-bond acceptors (Lipinski definition) is 3. The highest BCUT2D eigenvalue weighted by Crippen LogP contribution is 2.31. The maximum atomic E-state index is 10.5. The van der Waals surface area contributed by atoms with E-state index in [1.807, 2.05) is 36.4 Å². The van der Waals surface area contributed by atoms with Gasteiger partial charge in [-0.25, -0.2) is 9.78 Å². The van der Waals surface area contributed by atoms with E-state index < -0.39 is 0 Å². The molecule has 19 heavy (non-hydrogen) atoms. The number of isocyanates is 1. The van der Waals surface area contributed by atoms with Crippen molar-refractivity contribution >= 4 is 39.6 Å². The van der Waals surface area contributed by atoms with Crippen molar-refractivity contribution in [3.8, 4) is 0 Å². The van der Waals surface area contributed by atoms with Gasteiger partial charge in [-0.15, -0.1) is 0 Å². The lowest BCUT2D eigenvalue weighted by Crippen LogP contribution is -1.87. The molecule has 0 saturated heterocycles. The van der Waals surface area contributed by atoms with Crippen LogP contribution in [0.3, 0.4) is 0 Å². The second-order valence-corrected chi connectivity index (χ2v) is 4.12. The molecule has 0 aliphatic carbocycles. The SMILES string of the molecule is C=Cc1c2ccccc2nc2c(N=C=O)cccc12. The van der Waals surface area contributed by atoms with Gasteiger partial charge < -0.3 is 0 Å². The predicted molar refractivity (Wildman–Crippen MR) is 77.1 cm³/mol. The third-order valence-corrected chi connectivity index (χ3v) is 3.10. The Bertz CT molecular complexity index is 846. The first-order valence-electron chi connectivity index (χ1n) is 5.87. The summed E-state index contributed by atoms with van der Waals surface area (Å²) in [6.45, 7) is 3.87. The van der Waals surface area contributed by atoms with Crippen molar-refractivity contribution in [3.63, 3.8) is 0 Å². The van der Waals surface area contributed by atoms with Crippen LogP contribution in [0, 0.1) is 0 Å². The molecule has 0 bridgehead atoms. The highest BCUT2D eigenvalue weighted by atomic mass is 16.1. The lowest BCUT2D eigenvalue weighted by molar-refractivity contribution is 0.565. The summed E-state index contributed by atoms with van der Waals surface area (Å²) in [6.07, 6.45) is 3.38. The second kappa shape index (κ2) is 4.48. The van der Waals surface area contributed by atoms with Crippen LogP contribution in [0.15, 0.2) is 54.0 Å². The molecule has 0 aliphatic rings. The highest BCUT2D eigenvalue weighted by Gasteiger charge is 2.09. The molecule has 1 heterocycles. The van der Waals surface area contributed by atoms with Crippen LogP contribution in [0.4, 0.5) is 5.69 Å². The molecule has 3 nitrogen and oxygen atoms in total. The Morgan fingerprint density at radius 1 is 1.11 bits per heavy atom. The first-order valence-corrected chi connectivity index (χ1v) is 5.87. The Morgan fingerprint density at radius 2 is 1.89 bits per heavy atom. The lowest BCUT2D eigenvalue weighted by Gasteiger charge is -2.08. The monoisotopic (exact) mass is 246 g/mol. The average Bonchev–Trinajstić information content (AvgIpc) is 2.45. The zero-order chi connectivity index (χ0) is 13.2. The van der Waals surface area contributed by atoms with E-state index in [1.54, 1.807) is 18.2 Å². The molecular weight excluding hydrogens is 236 g/mol. The maximum Gasteiger partial charge on any atom is 0.240 e. The molecular formula is C16H10N2O. The van der Waals surface area contributed by atoms with E-state index in [-0.39, 0.29) is 0 Å². The number of rotatable bonds is 2. The Labute approximate surface area is 109 Å². The summed E-state index contributed by atoms with van der Waals surface area (Å²) < 4.78 is 0. The molecule has 0 fully saturated rings. The summed E-state index contributed by atoms with van der Waals surface area (Å²) in [5.41, 5.74) is 3.09. The van der Waals surface area contributed by atoms with Gasteiger partial charge in [-0.3, -0.25) is 0 Å². The zero-order valence-corrected chi connectivity index (χ0v) is 10.1. The molecule has 0 atom stereocenters. The normalized spacial score (nSPS) is 10.3. The van der Waals surface area contributed by atoms with E-state index in [0.717, 1.165) is 21.9 Å². The van der Waals surface area contributed by atoms with E-state index in [0.29, 0.717) is 11.2 Å². The van der Waals surface area contributed by atoms with Gasteiger partial charge >= 0.3 is 0 Å². The molecule has 3 heteroatoms. The Morgan fingerprint density at radius 3 is 2.68 bits per heavy atom. The van der Waals surface area contributed by atoms with Gasteiger partial charge in [0.05, 0.1) is 11.0 Å². The smallest absolute Gasteiger partial charge is 0.240 e. The summed E-state index contributed by atoms with van der Waals surface area (Å²) in [4.78, 5) is 18.8. The van der Waals surface area contributed by atoms with Crippen molar-refractivity contribution in [3.05, 3.63) is 54.6 Å². The van der Waals surface area contributed by atoms with Gasteiger partial charge in [0.2, 0.25) is 6.08 Å². The standard InChI is InChI=1S/C16H10N2O/c1-2-11-12-6-3-4-8-14(12)18-16-13(11)7-5-9-15(16)17-10-19/h2-9H,1H2. The fourth-order valence-corrected chi connectivity index (χ4v) is 2.29. The minimum Gasteiger partial charge on any atom is -0.245 e. The van der Waals surface area contributed by atoms with Crippen molar-refractivity contribution in [2.45, 2.75) is 0 Å². The van der Waals surface area contributed by atoms with Crippen LogP contribution in [0.25, 0.3) is 27.9 Å². The number of benzene rings is 2. The minimum absolute atomic E-state index is 0.529. The first kappa shape index (κ1) is 11.3. The molecule has 3 aromatic rings. The van der Waals surface area contributed by atoms with Gasteiger partial charge in [0, 0.05) is 10.8 Å². The third-order valence-electron chi connectivity index (χ3n) is 3.10. The fourth-order valence-electron chi connectivity index (χ4n) is 2.29. The Hall–Kier alpha value is -2.77. The molecule has 90 valence electrons. The summed E-state index contributed by atoms with van der Waals surface area (Å²) in [6, 6.07) is 13.4. The summed E-state index contributed by atoms with van der Waals surface area (Å²) in [7, 11) is 0. The number of aliphatic imine (C=N–C) groups is 1. The van der Waals surface area contributed by atoms with E-state index in [9.17, 15) is 4.79 Å². The highest BCUT2D eigenvalue weighted by molar-refractivity contribution is 6.05. The van der Waals surface area contributed by atoms with Crippen molar-refractivity contribution < 1.29 is 4.79 Å². The number of fused-ring (bicyclic) bond motifs is 2. The number of nitrogens with zero attached hydrogens (tertiary/aromatic N) is 2. The van der Waals surface area contributed by atoms with Crippen LogP contribution < -0.4 is 0 Å². The molecule has 0 aliphatic heterocycles. The van der Waals surface area contributed by atoms with Crippen molar-refractivity contribution in [1.29, 1.82) is 0 Å². The average molecular weight is 246 g/mol. The quantitative estimate of drug-likeness (QED) is 0.389. The molecule has 0 radical (unpaired) electrons. The molecule has 1 aromatic heterocycles. The molecule has 0 amide bonds. The molecule has 0 unspecified atom stereocenters. The molecule has 3 rings (SSSR count). The second-order valence-electron chi connectivity index (χ2n) is 4.12. The van der Waals surface area contributed by atoms with E-state index >= 15 is 0 Å². The number of para-hydroxylation sites is 2.